The monoisotopic (exact) mass is 326 g/mol. The van der Waals surface area contributed by atoms with Crippen molar-refractivity contribution in [1.82, 2.24) is 10.3 Å². The first kappa shape index (κ1) is 15.1. The standard InChI is InChI=1S/C16H11FN4OS/c1-23-16(19-9-18)20-12-5-6-14-13(8-12)21-15(22-14)10-3-2-4-11(17)7-10/h2-8H,1H3,(H,19,20). The molecule has 0 aliphatic carbocycles. The third-order valence-electron chi connectivity index (χ3n) is 3.03. The first-order valence-corrected chi connectivity index (χ1v) is 7.86. The first-order chi connectivity index (χ1) is 11.2. The Kier molecular flexibility index (Phi) is 4.26. The largest absolute Gasteiger partial charge is 0.436 e. The van der Waals surface area contributed by atoms with Crippen molar-refractivity contribution in [3.05, 3.63) is 48.3 Å². The minimum Gasteiger partial charge on any atom is -0.436 e. The zero-order valence-electron chi connectivity index (χ0n) is 12.1. The van der Waals surface area contributed by atoms with E-state index in [-0.39, 0.29) is 5.82 Å². The highest BCUT2D eigenvalue weighted by molar-refractivity contribution is 8.13. The summed E-state index contributed by atoms with van der Waals surface area (Å²) < 4.78 is 18.9. The van der Waals surface area contributed by atoms with Crippen LogP contribution >= 0.6 is 11.8 Å². The summed E-state index contributed by atoms with van der Waals surface area (Å²) in [6, 6.07) is 11.3. The molecule has 1 aromatic heterocycles. The Morgan fingerprint density at radius 2 is 2.22 bits per heavy atom. The average Bonchev–Trinajstić information content (AvgIpc) is 2.97. The molecular weight excluding hydrogens is 315 g/mol. The van der Waals surface area contributed by atoms with Gasteiger partial charge in [-0.2, -0.15) is 5.26 Å². The maximum Gasteiger partial charge on any atom is 0.227 e. The van der Waals surface area contributed by atoms with Crippen LogP contribution in [0.25, 0.3) is 22.6 Å². The second kappa shape index (κ2) is 6.50. The fourth-order valence-electron chi connectivity index (χ4n) is 2.02. The fourth-order valence-corrected chi connectivity index (χ4v) is 2.36. The van der Waals surface area contributed by atoms with E-state index < -0.39 is 0 Å². The molecule has 0 saturated carbocycles. The minimum absolute atomic E-state index is 0.345. The van der Waals surface area contributed by atoms with Crippen LogP contribution in [0, 0.1) is 17.3 Å². The van der Waals surface area contributed by atoms with E-state index in [1.165, 1.54) is 23.9 Å². The number of nitrogens with one attached hydrogen (secondary N) is 1. The van der Waals surface area contributed by atoms with Crippen molar-refractivity contribution in [2.24, 2.45) is 4.99 Å². The fraction of sp³-hybridized carbons (Fsp3) is 0.0625. The predicted octanol–water partition coefficient (Wildman–Crippen LogP) is 4.06. The Labute approximate surface area is 135 Å². The van der Waals surface area contributed by atoms with Crippen LogP contribution in [-0.2, 0) is 0 Å². The lowest BCUT2D eigenvalue weighted by molar-refractivity contribution is 0.611. The molecule has 114 valence electrons. The van der Waals surface area contributed by atoms with Crippen LogP contribution in [0.4, 0.5) is 10.1 Å². The van der Waals surface area contributed by atoms with Crippen LogP contribution < -0.4 is 5.32 Å². The molecule has 0 amide bonds. The molecule has 0 bridgehead atoms. The Balaban J connectivity index is 2.00. The van der Waals surface area contributed by atoms with Gasteiger partial charge < -0.3 is 4.42 Å². The number of nitriles is 1. The molecule has 0 atom stereocenters. The Morgan fingerprint density at radius 1 is 1.35 bits per heavy atom. The van der Waals surface area contributed by atoms with Crippen molar-refractivity contribution in [3.63, 3.8) is 0 Å². The smallest absolute Gasteiger partial charge is 0.227 e. The number of oxazole rings is 1. The number of amidine groups is 1. The van der Waals surface area contributed by atoms with Gasteiger partial charge in [0.1, 0.15) is 11.3 Å². The summed E-state index contributed by atoms with van der Waals surface area (Å²) in [4.78, 5) is 8.69. The van der Waals surface area contributed by atoms with Crippen molar-refractivity contribution < 1.29 is 8.81 Å². The number of aliphatic imine (C=N–C) groups is 1. The third-order valence-corrected chi connectivity index (χ3v) is 3.61. The molecular formula is C16H11FN4OS. The van der Waals surface area contributed by atoms with E-state index in [0.29, 0.717) is 33.4 Å². The molecule has 0 spiro atoms. The van der Waals surface area contributed by atoms with Crippen molar-refractivity contribution in [2.75, 3.05) is 6.26 Å². The number of benzene rings is 2. The minimum atomic E-state index is -0.345. The molecule has 0 unspecified atom stereocenters. The summed E-state index contributed by atoms with van der Waals surface area (Å²) >= 11 is 1.33. The molecule has 0 fully saturated rings. The maximum absolute atomic E-state index is 13.3. The Hall–Kier alpha value is -2.85. The Morgan fingerprint density at radius 3 is 2.96 bits per heavy atom. The number of thioether (sulfide) groups is 1. The summed E-state index contributed by atoms with van der Waals surface area (Å²) in [7, 11) is 0. The summed E-state index contributed by atoms with van der Waals surface area (Å²) in [6.45, 7) is 0. The number of halogens is 1. The molecule has 0 saturated heterocycles. The second-order valence-electron chi connectivity index (χ2n) is 4.54. The van der Waals surface area contributed by atoms with E-state index in [0.717, 1.165) is 0 Å². The number of rotatable bonds is 2. The lowest BCUT2D eigenvalue weighted by Gasteiger charge is -1.98. The third kappa shape index (κ3) is 3.33. The van der Waals surface area contributed by atoms with Crippen LogP contribution in [0.1, 0.15) is 0 Å². The first-order valence-electron chi connectivity index (χ1n) is 6.64. The number of aromatic nitrogens is 1. The van der Waals surface area contributed by atoms with Gasteiger partial charge in [0.15, 0.2) is 16.9 Å². The van der Waals surface area contributed by atoms with Crippen LogP contribution in [0.15, 0.2) is 51.9 Å². The van der Waals surface area contributed by atoms with Gasteiger partial charge in [-0.3, -0.25) is 5.32 Å². The normalized spacial score (nSPS) is 11.4. The highest BCUT2D eigenvalue weighted by Gasteiger charge is 2.09. The molecule has 0 aliphatic heterocycles. The molecule has 7 heteroatoms. The van der Waals surface area contributed by atoms with Gasteiger partial charge in [-0.15, -0.1) is 0 Å². The molecule has 0 radical (unpaired) electrons. The van der Waals surface area contributed by atoms with Crippen molar-refractivity contribution in [3.8, 4) is 17.6 Å². The van der Waals surface area contributed by atoms with Gasteiger partial charge in [-0.25, -0.2) is 14.4 Å². The molecule has 5 nitrogen and oxygen atoms in total. The Bertz CT molecular complexity index is 929. The van der Waals surface area contributed by atoms with Gasteiger partial charge in [0.25, 0.3) is 0 Å². The second-order valence-corrected chi connectivity index (χ2v) is 5.33. The van der Waals surface area contributed by atoms with E-state index in [4.69, 9.17) is 9.68 Å². The van der Waals surface area contributed by atoms with E-state index >= 15 is 0 Å². The van der Waals surface area contributed by atoms with Crippen molar-refractivity contribution in [2.45, 2.75) is 0 Å². The lowest BCUT2D eigenvalue weighted by atomic mass is 10.2. The van der Waals surface area contributed by atoms with E-state index in [1.807, 2.05) is 12.4 Å². The van der Waals surface area contributed by atoms with Gasteiger partial charge in [0.05, 0.1) is 5.69 Å². The number of hydrogen-bond acceptors (Lipinski definition) is 5. The van der Waals surface area contributed by atoms with Gasteiger partial charge in [-0.05, 0) is 42.7 Å². The average molecular weight is 326 g/mol. The zero-order valence-corrected chi connectivity index (χ0v) is 12.9. The van der Waals surface area contributed by atoms with E-state index in [1.54, 1.807) is 30.3 Å². The van der Waals surface area contributed by atoms with Crippen LogP contribution in [0.5, 0.6) is 0 Å². The summed E-state index contributed by atoms with van der Waals surface area (Å²) in [6.07, 6.45) is 3.66. The van der Waals surface area contributed by atoms with Crippen molar-refractivity contribution >= 4 is 33.7 Å². The molecule has 2 aromatic carbocycles. The number of nitrogens with zero attached hydrogens (tertiary/aromatic N) is 3. The lowest BCUT2D eigenvalue weighted by Crippen LogP contribution is -2.12. The molecule has 0 aliphatic rings. The van der Waals surface area contributed by atoms with E-state index in [2.05, 4.69) is 15.3 Å². The zero-order chi connectivity index (χ0) is 16.2. The highest BCUT2D eigenvalue weighted by Crippen LogP contribution is 2.27. The van der Waals surface area contributed by atoms with Crippen molar-refractivity contribution in [1.29, 1.82) is 5.26 Å². The van der Waals surface area contributed by atoms with Gasteiger partial charge in [-0.1, -0.05) is 17.8 Å². The van der Waals surface area contributed by atoms with Gasteiger partial charge in [0, 0.05) is 5.56 Å². The molecule has 1 heterocycles. The number of hydrogen-bond donors (Lipinski definition) is 1. The molecule has 1 N–H and O–H groups in total. The summed E-state index contributed by atoms with van der Waals surface area (Å²) in [5, 5.41) is 11.6. The summed E-state index contributed by atoms with van der Waals surface area (Å²) in [5.41, 5.74) is 2.41. The van der Waals surface area contributed by atoms with Crippen LogP contribution in [-0.4, -0.2) is 16.4 Å². The van der Waals surface area contributed by atoms with Crippen LogP contribution in [0.3, 0.4) is 0 Å². The predicted molar refractivity (Wildman–Crippen MR) is 88.8 cm³/mol. The van der Waals surface area contributed by atoms with Crippen LogP contribution in [0.2, 0.25) is 0 Å². The SMILES string of the molecule is CSC(=Nc1ccc2oc(-c3cccc(F)c3)nc2c1)NC#N. The topological polar surface area (TPSA) is 74.2 Å². The number of fused-ring (bicyclic) bond motifs is 1. The highest BCUT2D eigenvalue weighted by atomic mass is 32.2. The molecule has 23 heavy (non-hydrogen) atoms. The summed E-state index contributed by atoms with van der Waals surface area (Å²) in [5.74, 6) is 0.00287. The van der Waals surface area contributed by atoms with E-state index in [9.17, 15) is 4.39 Å². The molecule has 3 rings (SSSR count). The van der Waals surface area contributed by atoms with Gasteiger partial charge in [0.2, 0.25) is 5.89 Å². The maximum atomic E-state index is 13.3. The quantitative estimate of drug-likeness (QED) is 0.333. The van der Waals surface area contributed by atoms with Gasteiger partial charge >= 0.3 is 0 Å². The molecule has 3 aromatic rings.